The SMILES string of the molecule is CCOC(=O)C(F)[C@@H](N)c1ccc(C)cc1F.Cl. The minimum absolute atomic E-state index is 0. The summed E-state index contributed by atoms with van der Waals surface area (Å²) < 4.78 is 31.6. The molecule has 18 heavy (non-hydrogen) atoms. The zero-order chi connectivity index (χ0) is 13.0. The molecule has 0 aromatic heterocycles. The fourth-order valence-corrected chi connectivity index (χ4v) is 1.43. The van der Waals surface area contributed by atoms with Gasteiger partial charge in [0.05, 0.1) is 12.6 Å². The standard InChI is InChI=1S/C12H15F2NO2.ClH/c1-3-17-12(16)10(14)11(15)8-5-4-7(2)6-9(8)13;/h4-6,10-11H,3,15H2,1-2H3;1H/t10?,11-;/m0./s1. The van der Waals surface area contributed by atoms with Gasteiger partial charge in [0.15, 0.2) is 0 Å². The van der Waals surface area contributed by atoms with Crippen LogP contribution < -0.4 is 5.73 Å². The van der Waals surface area contributed by atoms with Crippen molar-refractivity contribution in [1.82, 2.24) is 0 Å². The van der Waals surface area contributed by atoms with Gasteiger partial charge in [0, 0.05) is 5.56 Å². The molecule has 0 spiro atoms. The van der Waals surface area contributed by atoms with E-state index < -0.39 is 24.0 Å². The highest BCUT2D eigenvalue weighted by atomic mass is 35.5. The van der Waals surface area contributed by atoms with Crippen LogP contribution in [0.1, 0.15) is 24.1 Å². The van der Waals surface area contributed by atoms with Crippen molar-refractivity contribution in [2.45, 2.75) is 26.1 Å². The third kappa shape index (κ3) is 3.92. The van der Waals surface area contributed by atoms with Crippen LogP contribution in [0.5, 0.6) is 0 Å². The number of hydrogen-bond donors (Lipinski definition) is 1. The number of ether oxygens (including phenoxy) is 1. The number of halogens is 3. The van der Waals surface area contributed by atoms with Crippen molar-refractivity contribution in [2.24, 2.45) is 5.73 Å². The molecule has 6 heteroatoms. The van der Waals surface area contributed by atoms with Crippen LogP contribution in [-0.2, 0) is 9.53 Å². The predicted octanol–water partition coefficient (Wildman–Crippen LogP) is 2.46. The second-order valence-electron chi connectivity index (χ2n) is 3.70. The second kappa shape index (κ2) is 7.28. The maximum Gasteiger partial charge on any atom is 0.342 e. The molecule has 0 radical (unpaired) electrons. The van der Waals surface area contributed by atoms with E-state index in [2.05, 4.69) is 4.74 Å². The molecule has 0 heterocycles. The number of hydrogen-bond acceptors (Lipinski definition) is 3. The number of benzene rings is 1. The van der Waals surface area contributed by atoms with Crippen molar-refractivity contribution in [3.05, 3.63) is 35.1 Å². The summed E-state index contributed by atoms with van der Waals surface area (Å²) in [6, 6.07) is 2.87. The lowest BCUT2D eigenvalue weighted by molar-refractivity contribution is -0.149. The van der Waals surface area contributed by atoms with E-state index in [1.807, 2.05) is 0 Å². The van der Waals surface area contributed by atoms with Crippen LogP contribution in [0.15, 0.2) is 18.2 Å². The molecule has 1 aromatic rings. The Labute approximate surface area is 111 Å². The van der Waals surface area contributed by atoms with Gasteiger partial charge in [-0.1, -0.05) is 12.1 Å². The van der Waals surface area contributed by atoms with E-state index in [1.165, 1.54) is 12.1 Å². The molecule has 0 fully saturated rings. The van der Waals surface area contributed by atoms with E-state index in [4.69, 9.17) is 5.73 Å². The Morgan fingerprint density at radius 2 is 2.11 bits per heavy atom. The van der Waals surface area contributed by atoms with Crippen LogP contribution in [0.3, 0.4) is 0 Å². The Morgan fingerprint density at radius 3 is 2.61 bits per heavy atom. The van der Waals surface area contributed by atoms with Crippen LogP contribution in [0, 0.1) is 12.7 Å². The van der Waals surface area contributed by atoms with Gasteiger partial charge in [-0.15, -0.1) is 12.4 Å². The molecule has 2 atom stereocenters. The normalized spacial score (nSPS) is 13.4. The molecular weight excluding hydrogens is 264 g/mol. The van der Waals surface area contributed by atoms with Gasteiger partial charge in [0.1, 0.15) is 5.82 Å². The minimum atomic E-state index is -2.06. The second-order valence-corrected chi connectivity index (χ2v) is 3.70. The van der Waals surface area contributed by atoms with Gasteiger partial charge in [0.25, 0.3) is 0 Å². The summed E-state index contributed by atoms with van der Waals surface area (Å²) in [5.41, 5.74) is 6.17. The Kier molecular flexibility index (Phi) is 6.80. The Hall–Kier alpha value is -1.20. The molecule has 1 unspecified atom stereocenters. The lowest BCUT2D eigenvalue weighted by Gasteiger charge is -2.16. The molecule has 1 aromatic carbocycles. The third-order valence-corrected chi connectivity index (χ3v) is 2.34. The van der Waals surface area contributed by atoms with Crippen molar-refractivity contribution in [2.75, 3.05) is 6.61 Å². The molecule has 0 aliphatic rings. The van der Waals surface area contributed by atoms with Crippen molar-refractivity contribution in [1.29, 1.82) is 0 Å². The van der Waals surface area contributed by atoms with Crippen LogP contribution in [0.2, 0.25) is 0 Å². The molecular formula is C12H16ClF2NO2. The summed E-state index contributed by atoms with van der Waals surface area (Å²) in [5.74, 6) is -1.69. The first-order valence-corrected chi connectivity index (χ1v) is 5.29. The number of carbonyl (C=O) groups excluding carboxylic acids is 1. The highest BCUT2D eigenvalue weighted by Crippen LogP contribution is 2.21. The van der Waals surface area contributed by atoms with Crippen LogP contribution in [-0.4, -0.2) is 18.7 Å². The van der Waals surface area contributed by atoms with E-state index in [0.717, 1.165) is 0 Å². The lowest BCUT2D eigenvalue weighted by atomic mass is 10.0. The molecule has 0 saturated heterocycles. The maximum absolute atomic E-state index is 13.6. The summed E-state index contributed by atoms with van der Waals surface area (Å²) in [7, 11) is 0. The number of alkyl halides is 1. The molecule has 102 valence electrons. The highest BCUT2D eigenvalue weighted by molar-refractivity contribution is 5.85. The minimum Gasteiger partial charge on any atom is -0.464 e. The quantitative estimate of drug-likeness (QED) is 0.862. The molecule has 1 rings (SSSR count). The van der Waals surface area contributed by atoms with Gasteiger partial charge in [-0.05, 0) is 25.5 Å². The number of esters is 1. The molecule has 0 aliphatic carbocycles. The number of carbonyl (C=O) groups is 1. The fraction of sp³-hybridized carbons (Fsp3) is 0.417. The van der Waals surface area contributed by atoms with E-state index in [0.29, 0.717) is 5.56 Å². The summed E-state index contributed by atoms with van der Waals surface area (Å²) in [6.07, 6.45) is -2.06. The van der Waals surface area contributed by atoms with Crippen molar-refractivity contribution in [3.63, 3.8) is 0 Å². The predicted molar refractivity (Wildman–Crippen MR) is 66.8 cm³/mol. The monoisotopic (exact) mass is 279 g/mol. The van der Waals surface area contributed by atoms with Crippen LogP contribution in [0.4, 0.5) is 8.78 Å². The fourth-order valence-electron chi connectivity index (χ4n) is 1.43. The summed E-state index contributed by atoms with van der Waals surface area (Å²) in [4.78, 5) is 11.1. The molecule has 0 saturated carbocycles. The summed E-state index contributed by atoms with van der Waals surface area (Å²) >= 11 is 0. The molecule has 2 N–H and O–H groups in total. The van der Waals surface area contributed by atoms with Gasteiger partial charge in [-0.25, -0.2) is 13.6 Å². The van der Waals surface area contributed by atoms with Crippen LogP contribution in [0.25, 0.3) is 0 Å². The molecule has 0 aliphatic heterocycles. The average molecular weight is 280 g/mol. The number of aryl methyl sites for hydroxylation is 1. The zero-order valence-electron chi connectivity index (χ0n) is 10.2. The van der Waals surface area contributed by atoms with Gasteiger partial charge < -0.3 is 10.5 Å². The molecule has 0 amide bonds. The molecule has 3 nitrogen and oxygen atoms in total. The smallest absolute Gasteiger partial charge is 0.342 e. The van der Waals surface area contributed by atoms with Gasteiger partial charge in [-0.2, -0.15) is 0 Å². The first-order valence-electron chi connectivity index (χ1n) is 5.29. The first kappa shape index (κ1) is 16.8. The maximum atomic E-state index is 13.6. The topological polar surface area (TPSA) is 52.3 Å². The van der Waals surface area contributed by atoms with Crippen molar-refractivity contribution >= 4 is 18.4 Å². The number of rotatable bonds is 4. The van der Waals surface area contributed by atoms with Crippen molar-refractivity contribution in [3.8, 4) is 0 Å². The first-order chi connectivity index (χ1) is 7.97. The van der Waals surface area contributed by atoms with Crippen molar-refractivity contribution < 1.29 is 18.3 Å². The van der Waals surface area contributed by atoms with Crippen LogP contribution >= 0.6 is 12.4 Å². The summed E-state index contributed by atoms with van der Waals surface area (Å²) in [5, 5.41) is 0. The Balaban J connectivity index is 0.00000289. The Bertz CT molecular complexity index is 415. The zero-order valence-corrected chi connectivity index (χ0v) is 11.0. The van der Waals surface area contributed by atoms with E-state index >= 15 is 0 Å². The lowest BCUT2D eigenvalue weighted by Crippen LogP contribution is -2.32. The third-order valence-electron chi connectivity index (χ3n) is 2.34. The number of nitrogens with two attached hydrogens (primary N) is 1. The molecule has 0 bridgehead atoms. The van der Waals surface area contributed by atoms with E-state index in [9.17, 15) is 13.6 Å². The summed E-state index contributed by atoms with van der Waals surface area (Å²) in [6.45, 7) is 3.32. The van der Waals surface area contributed by atoms with Gasteiger partial charge >= 0.3 is 5.97 Å². The van der Waals surface area contributed by atoms with E-state index in [1.54, 1.807) is 19.9 Å². The van der Waals surface area contributed by atoms with E-state index in [-0.39, 0.29) is 24.6 Å². The largest absolute Gasteiger partial charge is 0.464 e. The van der Waals surface area contributed by atoms with Gasteiger partial charge in [-0.3, -0.25) is 0 Å². The van der Waals surface area contributed by atoms with Gasteiger partial charge in [0.2, 0.25) is 6.17 Å². The Morgan fingerprint density at radius 1 is 1.50 bits per heavy atom. The highest BCUT2D eigenvalue weighted by Gasteiger charge is 2.29. The average Bonchev–Trinajstić information content (AvgIpc) is 2.27.